The molecule has 0 radical (unpaired) electrons. The van der Waals surface area contributed by atoms with Gasteiger partial charge in [0, 0.05) is 22.3 Å². The molecule has 1 aliphatic carbocycles. The van der Waals surface area contributed by atoms with E-state index in [-0.39, 0.29) is 0 Å². The van der Waals surface area contributed by atoms with Gasteiger partial charge < -0.3 is 10.1 Å². The molecule has 0 bridgehead atoms. The highest BCUT2D eigenvalue weighted by atomic mass is 32.1. The summed E-state index contributed by atoms with van der Waals surface area (Å²) in [6.07, 6.45) is 2.68. The summed E-state index contributed by atoms with van der Waals surface area (Å²) in [5, 5.41) is 3.54. The molecule has 0 amide bonds. The van der Waals surface area contributed by atoms with Gasteiger partial charge in [-0.3, -0.25) is 0 Å². The molecule has 1 aromatic heterocycles. The third-order valence-corrected chi connectivity index (χ3v) is 4.38. The molecule has 1 aliphatic rings. The fourth-order valence-electron chi connectivity index (χ4n) is 1.99. The fourth-order valence-corrected chi connectivity index (χ4v) is 2.88. The first-order valence-corrected chi connectivity index (χ1v) is 7.62. The van der Waals surface area contributed by atoms with E-state index in [1.165, 1.54) is 28.2 Å². The summed E-state index contributed by atoms with van der Waals surface area (Å²) in [6.45, 7) is 3.74. The molecular formula is C16H19NOS. The van der Waals surface area contributed by atoms with Crippen LogP contribution >= 0.6 is 11.3 Å². The molecule has 0 unspecified atom stereocenters. The summed E-state index contributed by atoms with van der Waals surface area (Å²) in [7, 11) is 0. The summed E-state index contributed by atoms with van der Waals surface area (Å²) < 4.78 is 5.86. The van der Waals surface area contributed by atoms with Gasteiger partial charge in [-0.2, -0.15) is 0 Å². The number of hydrogen-bond acceptors (Lipinski definition) is 3. The van der Waals surface area contributed by atoms with Crippen LogP contribution in [0.2, 0.25) is 0 Å². The monoisotopic (exact) mass is 273 g/mol. The highest BCUT2D eigenvalue weighted by Crippen LogP contribution is 2.23. The zero-order chi connectivity index (χ0) is 13.1. The van der Waals surface area contributed by atoms with E-state index >= 15 is 0 Å². The van der Waals surface area contributed by atoms with Gasteiger partial charge in [-0.05, 0) is 43.5 Å². The second kappa shape index (κ2) is 5.76. The Hall–Kier alpha value is -1.32. The summed E-state index contributed by atoms with van der Waals surface area (Å²) in [5.41, 5.74) is 1.19. The van der Waals surface area contributed by atoms with E-state index in [4.69, 9.17) is 4.74 Å². The van der Waals surface area contributed by atoms with Gasteiger partial charge in [-0.1, -0.05) is 18.2 Å². The van der Waals surface area contributed by atoms with Gasteiger partial charge in [-0.15, -0.1) is 11.3 Å². The van der Waals surface area contributed by atoms with Crippen molar-refractivity contribution in [2.45, 2.75) is 39.0 Å². The third kappa shape index (κ3) is 3.58. The van der Waals surface area contributed by atoms with Crippen molar-refractivity contribution in [1.29, 1.82) is 0 Å². The lowest BCUT2D eigenvalue weighted by atomic mass is 10.2. The SMILES string of the molecule is Cc1ccccc1OCc1ccc(CNC2CC2)s1. The molecule has 0 atom stereocenters. The van der Waals surface area contributed by atoms with Crippen molar-refractivity contribution >= 4 is 11.3 Å². The van der Waals surface area contributed by atoms with Crippen LogP contribution in [0, 0.1) is 6.92 Å². The van der Waals surface area contributed by atoms with E-state index in [1.54, 1.807) is 0 Å². The normalized spacial score (nSPS) is 14.6. The smallest absolute Gasteiger partial charge is 0.122 e. The van der Waals surface area contributed by atoms with Crippen LogP contribution in [-0.2, 0) is 13.2 Å². The van der Waals surface area contributed by atoms with Crippen LogP contribution in [0.25, 0.3) is 0 Å². The highest BCUT2D eigenvalue weighted by molar-refractivity contribution is 7.11. The zero-order valence-corrected chi connectivity index (χ0v) is 12.0. The molecule has 0 saturated heterocycles. The summed E-state index contributed by atoms with van der Waals surface area (Å²) in [6, 6.07) is 13.3. The lowest BCUT2D eigenvalue weighted by Gasteiger charge is -2.07. The minimum atomic E-state index is 0.666. The van der Waals surface area contributed by atoms with Gasteiger partial charge >= 0.3 is 0 Å². The Labute approximate surface area is 118 Å². The minimum absolute atomic E-state index is 0.666. The van der Waals surface area contributed by atoms with Crippen molar-refractivity contribution in [3.8, 4) is 5.75 Å². The average molecular weight is 273 g/mol. The van der Waals surface area contributed by atoms with Gasteiger partial charge in [0.05, 0.1) is 0 Å². The lowest BCUT2D eigenvalue weighted by molar-refractivity contribution is 0.307. The topological polar surface area (TPSA) is 21.3 Å². The Kier molecular flexibility index (Phi) is 3.85. The van der Waals surface area contributed by atoms with E-state index in [9.17, 15) is 0 Å². The second-order valence-electron chi connectivity index (χ2n) is 5.08. The van der Waals surface area contributed by atoms with Crippen LogP contribution in [0.4, 0.5) is 0 Å². The molecular weight excluding hydrogens is 254 g/mol. The zero-order valence-electron chi connectivity index (χ0n) is 11.2. The summed E-state index contributed by atoms with van der Waals surface area (Å²) in [5.74, 6) is 0.980. The molecule has 100 valence electrons. The molecule has 1 saturated carbocycles. The third-order valence-electron chi connectivity index (χ3n) is 3.32. The maximum atomic E-state index is 5.86. The van der Waals surface area contributed by atoms with E-state index in [0.717, 1.165) is 18.3 Å². The largest absolute Gasteiger partial charge is 0.488 e. The molecule has 1 aromatic carbocycles. The molecule has 2 aromatic rings. The maximum Gasteiger partial charge on any atom is 0.122 e. The average Bonchev–Trinajstić information content (AvgIpc) is 3.14. The standard InChI is InChI=1S/C16H19NOS/c1-12-4-2-3-5-16(12)18-11-15-9-8-14(19-15)10-17-13-6-7-13/h2-5,8-9,13,17H,6-7,10-11H2,1H3. The summed E-state index contributed by atoms with van der Waals surface area (Å²) >= 11 is 1.84. The number of ether oxygens (including phenoxy) is 1. The molecule has 3 rings (SSSR count). The fraction of sp³-hybridized carbons (Fsp3) is 0.375. The Bertz CT molecular complexity index is 545. The lowest BCUT2D eigenvalue weighted by Crippen LogP contribution is -2.14. The first kappa shape index (κ1) is 12.7. The minimum Gasteiger partial charge on any atom is -0.488 e. The molecule has 1 N–H and O–H groups in total. The van der Waals surface area contributed by atoms with Crippen LogP contribution in [0.5, 0.6) is 5.75 Å². The van der Waals surface area contributed by atoms with Crippen molar-refractivity contribution in [1.82, 2.24) is 5.32 Å². The molecule has 0 aliphatic heterocycles. The Balaban J connectivity index is 1.53. The number of nitrogens with one attached hydrogen (secondary N) is 1. The summed E-state index contributed by atoms with van der Waals surface area (Å²) in [4.78, 5) is 2.69. The van der Waals surface area contributed by atoms with Crippen molar-refractivity contribution < 1.29 is 4.74 Å². The van der Waals surface area contributed by atoms with Crippen LogP contribution in [0.3, 0.4) is 0 Å². The molecule has 0 spiro atoms. The van der Waals surface area contributed by atoms with E-state index in [2.05, 4.69) is 30.4 Å². The van der Waals surface area contributed by atoms with E-state index < -0.39 is 0 Å². The van der Waals surface area contributed by atoms with Crippen LogP contribution < -0.4 is 10.1 Å². The second-order valence-corrected chi connectivity index (χ2v) is 6.33. The quantitative estimate of drug-likeness (QED) is 0.862. The van der Waals surface area contributed by atoms with Crippen molar-refractivity contribution in [2.75, 3.05) is 0 Å². The van der Waals surface area contributed by atoms with Gasteiger partial charge in [-0.25, -0.2) is 0 Å². The Morgan fingerprint density at radius 1 is 1.16 bits per heavy atom. The van der Waals surface area contributed by atoms with Gasteiger partial charge in [0.2, 0.25) is 0 Å². The van der Waals surface area contributed by atoms with Crippen molar-refractivity contribution in [3.63, 3.8) is 0 Å². The van der Waals surface area contributed by atoms with Gasteiger partial charge in [0.25, 0.3) is 0 Å². The number of hydrogen-bond donors (Lipinski definition) is 1. The number of para-hydroxylation sites is 1. The van der Waals surface area contributed by atoms with Crippen LogP contribution in [0.1, 0.15) is 28.2 Å². The van der Waals surface area contributed by atoms with Crippen molar-refractivity contribution in [3.05, 3.63) is 51.7 Å². The van der Waals surface area contributed by atoms with Crippen LogP contribution in [0.15, 0.2) is 36.4 Å². The number of benzene rings is 1. The molecule has 1 heterocycles. The molecule has 3 heteroatoms. The van der Waals surface area contributed by atoms with E-state index in [1.807, 2.05) is 29.5 Å². The Morgan fingerprint density at radius 2 is 1.95 bits per heavy atom. The molecule has 19 heavy (non-hydrogen) atoms. The van der Waals surface area contributed by atoms with E-state index in [0.29, 0.717) is 6.61 Å². The highest BCUT2D eigenvalue weighted by Gasteiger charge is 2.20. The molecule has 2 nitrogen and oxygen atoms in total. The first-order valence-electron chi connectivity index (χ1n) is 6.80. The Morgan fingerprint density at radius 3 is 2.74 bits per heavy atom. The van der Waals surface area contributed by atoms with Gasteiger partial charge in [0.1, 0.15) is 12.4 Å². The van der Waals surface area contributed by atoms with Crippen molar-refractivity contribution in [2.24, 2.45) is 0 Å². The van der Waals surface area contributed by atoms with Gasteiger partial charge in [0.15, 0.2) is 0 Å². The number of rotatable bonds is 6. The predicted octanol–water partition coefficient (Wildman–Crippen LogP) is 3.89. The molecule has 1 fully saturated rings. The first-order chi connectivity index (χ1) is 9.31. The maximum absolute atomic E-state index is 5.86. The number of aryl methyl sites for hydroxylation is 1. The number of thiophene rings is 1. The van der Waals surface area contributed by atoms with Crippen LogP contribution in [-0.4, -0.2) is 6.04 Å². The predicted molar refractivity (Wildman–Crippen MR) is 79.7 cm³/mol.